The number of thiophene rings is 1. The van der Waals surface area contributed by atoms with Crippen molar-refractivity contribution in [3.05, 3.63) is 247 Å². The first-order chi connectivity index (χ1) is 30.7. The minimum Gasteiger partial charge on any atom is -0.208 e. The standard InChI is InChI=1S/C58H37N3S/c1-4-16-38(17-5-1)42-20-14-21-43(36-42)57-60-55(40-18-6-2-7-19-40)59-56(61-57)41-32-30-39(31-33-41)46-26-15-29-53-54(46)49-37-45(34-35-52(49)62-53)58(44-22-8-3-9-23-44)50-27-12-10-24-47(50)48-25-11-13-28-51(48)58/h1-37H. The lowest BCUT2D eigenvalue weighted by Crippen LogP contribution is -2.28. The predicted molar refractivity (Wildman–Crippen MR) is 257 cm³/mol. The molecule has 12 rings (SSSR count). The molecule has 0 fully saturated rings. The van der Waals surface area contributed by atoms with E-state index in [1.165, 1.54) is 59.1 Å². The van der Waals surface area contributed by atoms with Gasteiger partial charge in [-0.15, -0.1) is 11.3 Å². The minimum atomic E-state index is -0.460. The zero-order valence-corrected chi connectivity index (χ0v) is 34.4. The molecule has 9 aromatic carbocycles. The molecular weight excluding hydrogens is 771 g/mol. The Hall–Kier alpha value is -7.79. The molecule has 0 aliphatic heterocycles. The fourth-order valence-electron chi connectivity index (χ4n) is 9.63. The van der Waals surface area contributed by atoms with Gasteiger partial charge in [0, 0.05) is 36.9 Å². The Labute approximate surface area is 364 Å². The molecule has 0 saturated carbocycles. The molecule has 0 radical (unpaired) electrons. The van der Waals surface area contributed by atoms with Gasteiger partial charge in [0.1, 0.15) is 0 Å². The molecule has 1 aliphatic rings. The van der Waals surface area contributed by atoms with Gasteiger partial charge in [0.25, 0.3) is 0 Å². The Morgan fingerprint density at radius 2 is 0.806 bits per heavy atom. The Balaban J connectivity index is 0.987. The van der Waals surface area contributed by atoms with Gasteiger partial charge in [-0.1, -0.05) is 200 Å². The molecule has 3 nitrogen and oxygen atoms in total. The molecule has 2 heterocycles. The van der Waals surface area contributed by atoms with Crippen LogP contribution in [0.15, 0.2) is 224 Å². The fraction of sp³-hybridized carbons (Fsp3) is 0.0172. The summed E-state index contributed by atoms with van der Waals surface area (Å²) < 4.78 is 2.55. The molecule has 0 spiro atoms. The summed E-state index contributed by atoms with van der Waals surface area (Å²) in [6.07, 6.45) is 0. The highest BCUT2D eigenvalue weighted by molar-refractivity contribution is 7.25. The van der Waals surface area contributed by atoms with Gasteiger partial charge in [0.2, 0.25) is 0 Å². The third-order valence-corrected chi connectivity index (χ3v) is 13.6. The van der Waals surface area contributed by atoms with Gasteiger partial charge in [-0.25, -0.2) is 15.0 Å². The van der Waals surface area contributed by atoms with Gasteiger partial charge < -0.3 is 0 Å². The molecule has 0 saturated heterocycles. The minimum absolute atomic E-state index is 0.460. The van der Waals surface area contributed by atoms with Gasteiger partial charge in [0.05, 0.1) is 5.41 Å². The third-order valence-electron chi connectivity index (χ3n) is 12.4. The second kappa shape index (κ2) is 14.7. The fourth-order valence-corrected chi connectivity index (χ4v) is 10.7. The van der Waals surface area contributed by atoms with E-state index in [0.717, 1.165) is 33.4 Å². The molecule has 290 valence electrons. The average Bonchev–Trinajstić information content (AvgIpc) is 3.88. The van der Waals surface area contributed by atoms with Gasteiger partial charge >= 0.3 is 0 Å². The van der Waals surface area contributed by atoms with E-state index in [0.29, 0.717) is 17.5 Å². The van der Waals surface area contributed by atoms with Crippen molar-refractivity contribution in [2.45, 2.75) is 5.41 Å². The van der Waals surface area contributed by atoms with Crippen molar-refractivity contribution in [2.24, 2.45) is 0 Å². The van der Waals surface area contributed by atoms with Gasteiger partial charge in [-0.3, -0.25) is 0 Å². The van der Waals surface area contributed by atoms with Crippen LogP contribution in [0.3, 0.4) is 0 Å². The molecule has 0 unspecified atom stereocenters. The van der Waals surface area contributed by atoms with Crippen LogP contribution in [0.25, 0.3) is 87.7 Å². The average molecular weight is 808 g/mol. The van der Waals surface area contributed by atoms with Gasteiger partial charge in [0.15, 0.2) is 17.5 Å². The van der Waals surface area contributed by atoms with Crippen LogP contribution >= 0.6 is 11.3 Å². The Bertz CT molecular complexity index is 3400. The highest BCUT2D eigenvalue weighted by atomic mass is 32.1. The number of rotatable bonds is 7. The van der Waals surface area contributed by atoms with Crippen LogP contribution in [0, 0.1) is 0 Å². The Morgan fingerprint density at radius 3 is 1.48 bits per heavy atom. The lowest BCUT2D eigenvalue weighted by Gasteiger charge is -2.34. The van der Waals surface area contributed by atoms with Crippen LogP contribution in [0.1, 0.15) is 22.3 Å². The molecule has 1 aliphatic carbocycles. The van der Waals surface area contributed by atoms with E-state index in [1.54, 1.807) is 0 Å². The topological polar surface area (TPSA) is 38.7 Å². The number of hydrogen-bond donors (Lipinski definition) is 0. The maximum atomic E-state index is 5.11. The lowest BCUT2D eigenvalue weighted by atomic mass is 9.67. The molecule has 4 heteroatoms. The molecule has 2 aromatic heterocycles. The van der Waals surface area contributed by atoms with Crippen LogP contribution < -0.4 is 0 Å². The number of fused-ring (bicyclic) bond motifs is 6. The van der Waals surface area contributed by atoms with Crippen LogP contribution in [-0.4, -0.2) is 15.0 Å². The van der Waals surface area contributed by atoms with Crippen molar-refractivity contribution in [1.82, 2.24) is 15.0 Å². The maximum absolute atomic E-state index is 5.11. The van der Waals surface area contributed by atoms with Crippen LogP contribution in [-0.2, 0) is 5.41 Å². The van der Waals surface area contributed by atoms with Crippen LogP contribution in [0.4, 0.5) is 0 Å². The molecule has 62 heavy (non-hydrogen) atoms. The number of aromatic nitrogens is 3. The second-order valence-corrected chi connectivity index (χ2v) is 17.0. The molecule has 0 bridgehead atoms. The zero-order valence-electron chi connectivity index (χ0n) is 33.6. The van der Waals surface area contributed by atoms with E-state index in [1.807, 2.05) is 35.6 Å². The quantitative estimate of drug-likeness (QED) is 0.161. The van der Waals surface area contributed by atoms with E-state index in [-0.39, 0.29) is 0 Å². The van der Waals surface area contributed by atoms with Crippen molar-refractivity contribution in [3.63, 3.8) is 0 Å². The summed E-state index contributed by atoms with van der Waals surface area (Å²) >= 11 is 1.86. The summed E-state index contributed by atoms with van der Waals surface area (Å²) in [4.78, 5) is 15.2. The molecular formula is C58H37N3S. The van der Waals surface area contributed by atoms with Gasteiger partial charge in [-0.2, -0.15) is 0 Å². The van der Waals surface area contributed by atoms with Crippen molar-refractivity contribution in [1.29, 1.82) is 0 Å². The monoisotopic (exact) mass is 807 g/mol. The summed E-state index contributed by atoms with van der Waals surface area (Å²) in [5.74, 6) is 1.92. The molecule has 0 atom stereocenters. The summed E-state index contributed by atoms with van der Waals surface area (Å²) in [5, 5.41) is 2.55. The second-order valence-electron chi connectivity index (χ2n) is 15.9. The zero-order chi connectivity index (χ0) is 41.0. The summed E-state index contributed by atoms with van der Waals surface area (Å²) in [6, 6.07) is 80.6. The highest BCUT2D eigenvalue weighted by Gasteiger charge is 2.46. The van der Waals surface area contributed by atoms with Crippen LogP contribution in [0.2, 0.25) is 0 Å². The van der Waals surface area contributed by atoms with E-state index in [9.17, 15) is 0 Å². The van der Waals surface area contributed by atoms with Crippen LogP contribution in [0.5, 0.6) is 0 Å². The van der Waals surface area contributed by atoms with E-state index < -0.39 is 5.41 Å². The molecule has 11 aromatic rings. The SMILES string of the molecule is c1ccc(-c2cccc(-c3nc(-c4ccccc4)nc(-c4ccc(-c5cccc6sc7ccc(C8(c9ccccc9)c9ccccc9-c9ccccc98)cc7c56)cc4)n3)c2)cc1. The van der Waals surface area contributed by atoms with Crippen molar-refractivity contribution in [2.75, 3.05) is 0 Å². The van der Waals surface area contributed by atoms with E-state index >= 15 is 0 Å². The first kappa shape index (κ1) is 36.1. The Kier molecular flexibility index (Phi) is 8.58. The predicted octanol–water partition coefficient (Wildman–Crippen LogP) is 14.9. The lowest BCUT2D eigenvalue weighted by molar-refractivity contribution is 0.770. The number of nitrogens with zero attached hydrogens (tertiary/aromatic N) is 3. The molecule has 0 N–H and O–H groups in total. The maximum Gasteiger partial charge on any atom is 0.164 e. The smallest absolute Gasteiger partial charge is 0.164 e. The normalized spacial score (nSPS) is 12.6. The van der Waals surface area contributed by atoms with E-state index in [2.05, 4.69) is 200 Å². The van der Waals surface area contributed by atoms with Crippen molar-refractivity contribution in [3.8, 4) is 67.5 Å². The number of hydrogen-bond acceptors (Lipinski definition) is 4. The largest absolute Gasteiger partial charge is 0.208 e. The summed E-state index contributed by atoms with van der Waals surface area (Å²) in [6.45, 7) is 0. The van der Waals surface area contributed by atoms with Crippen molar-refractivity contribution >= 4 is 31.5 Å². The summed E-state index contributed by atoms with van der Waals surface area (Å²) in [5.41, 5.74) is 14.8. The highest BCUT2D eigenvalue weighted by Crippen LogP contribution is 2.56. The number of benzene rings is 9. The Morgan fingerprint density at radius 1 is 0.306 bits per heavy atom. The first-order valence-electron chi connectivity index (χ1n) is 21.0. The van der Waals surface area contributed by atoms with Gasteiger partial charge in [-0.05, 0) is 79.9 Å². The first-order valence-corrected chi connectivity index (χ1v) is 21.8. The summed E-state index contributed by atoms with van der Waals surface area (Å²) in [7, 11) is 0. The molecule has 0 amide bonds. The van der Waals surface area contributed by atoms with Crippen molar-refractivity contribution < 1.29 is 0 Å². The van der Waals surface area contributed by atoms with E-state index in [4.69, 9.17) is 15.0 Å². The third kappa shape index (κ3) is 5.83.